The van der Waals surface area contributed by atoms with Gasteiger partial charge in [-0.3, -0.25) is 0 Å². The summed E-state index contributed by atoms with van der Waals surface area (Å²) in [4.78, 5) is 15.1. The molecular formula is C49H31N3. The van der Waals surface area contributed by atoms with Gasteiger partial charge in [-0.15, -0.1) is 0 Å². The van der Waals surface area contributed by atoms with Gasteiger partial charge in [0.25, 0.3) is 0 Å². The molecule has 242 valence electrons. The van der Waals surface area contributed by atoms with E-state index in [0.29, 0.717) is 17.5 Å². The van der Waals surface area contributed by atoms with Gasteiger partial charge in [0.1, 0.15) is 0 Å². The summed E-state index contributed by atoms with van der Waals surface area (Å²) in [5.41, 5.74) is 7.30. The van der Waals surface area contributed by atoms with Crippen molar-refractivity contribution in [2.75, 3.05) is 0 Å². The van der Waals surface area contributed by atoms with Crippen LogP contribution in [0, 0.1) is 0 Å². The Labute approximate surface area is 301 Å². The molecule has 0 unspecified atom stereocenters. The van der Waals surface area contributed by atoms with Crippen molar-refractivity contribution in [2.45, 2.75) is 0 Å². The van der Waals surface area contributed by atoms with Crippen molar-refractivity contribution >= 4 is 43.1 Å². The lowest BCUT2D eigenvalue weighted by Gasteiger charge is -2.14. The van der Waals surface area contributed by atoms with Gasteiger partial charge in [0.15, 0.2) is 17.5 Å². The van der Waals surface area contributed by atoms with Crippen LogP contribution in [0.1, 0.15) is 0 Å². The van der Waals surface area contributed by atoms with Gasteiger partial charge in [-0.05, 0) is 89.6 Å². The van der Waals surface area contributed by atoms with E-state index in [1.807, 2.05) is 60.7 Å². The van der Waals surface area contributed by atoms with Gasteiger partial charge in [0.2, 0.25) is 0 Å². The van der Waals surface area contributed by atoms with Gasteiger partial charge in [0, 0.05) is 16.7 Å². The first kappa shape index (κ1) is 29.9. The first-order valence-corrected chi connectivity index (χ1v) is 17.6. The minimum absolute atomic E-state index is 0.635. The van der Waals surface area contributed by atoms with Crippen LogP contribution < -0.4 is 0 Å². The molecule has 0 saturated heterocycles. The maximum atomic E-state index is 5.10. The van der Waals surface area contributed by atoms with Crippen LogP contribution in [0.3, 0.4) is 0 Å². The Bertz CT molecular complexity index is 2880. The van der Waals surface area contributed by atoms with Crippen LogP contribution in [0.5, 0.6) is 0 Å². The van der Waals surface area contributed by atoms with Crippen molar-refractivity contribution in [3.8, 4) is 56.4 Å². The predicted molar refractivity (Wildman–Crippen MR) is 217 cm³/mol. The van der Waals surface area contributed by atoms with Crippen LogP contribution in [0.2, 0.25) is 0 Å². The van der Waals surface area contributed by atoms with Gasteiger partial charge in [-0.25, -0.2) is 15.0 Å². The third-order valence-corrected chi connectivity index (χ3v) is 10.1. The molecule has 0 amide bonds. The van der Waals surface area contributed by atoms with Crippen LogP contribution in [-0.4, -0.2) is 15.0 Å². The van der Waals surface area contributed by atoms with Gasteiger partial charge in [0.05, 0.1) is 0 Å². The Morgan fingerprint density at radius 1 is 0.231 bits per heavy atom. The zero-order valence-corrected chi connectivity index (χ0v) is 28.2. The largest absolute Gasteiger partial charge is 0.208 e. The first-order chi connectivity index (χ1) is 25.7. The molecule has 3 nitrogen and oxygen atoms in total. The second-order valence-electron chi connectivity index (χ2n) is 13.3. The summed E-state index contributed by atoms with van der Waals surface area (Å²) in [5, 5.41) is 10.0. The Hall–Kier alpha value is -6.97. The summed E-state index contributed by atoms with van der Waals surface area (Å²) < 4.78 is 0. The van der Waals surface area contributed by atoms with Gasteiger partial charge >= 0.3 is 0 Å². The standard InChI is InChI=1S/C49H31N3/c1-4-12-32(13-5-1)39-28-40(30-41(29-39)49-51-47(36-15-6-2-7-16-36)50-48(52-49)37-17-8-3-9-18-37)38-23-21-34-20-22-35-25-26-43-42-19-11-10-14-33(42)24-27-44(43)46(35)45(34)31-38/h1-31H. The van der Waals surface area contributed by atoms with E-state index in [1.165, 1.54) is 43.1 Å². The SMILES string of the molecule is c1ccc(-c2cc(-c3ccc4ccc5ccc6c7ccccc7ccc6c5c4c3)cc(-c3nc(-c4ccccc4)nc(-c4ccccc4)n3)c2)cc1. The van der Waals surface area contributed by atoms with Gasteiger partial charge in [-0.1, -0.05) is 164 Å². The molecule has 0 N–H and O–H groups in total. The molecule has 9 aromatic carbocycles. The van der Waals surface area contributed by atoms with Crippen molar-refractivity contribution in [3.05, 3.63) is 188 Å². The molecule has 10 rings (SSSR count). The summed E-state index contributed by atoms with van der Waals surface area (Å²) in [6, 6.07) is 66.6. The zero-order chi connectivity index (χ0) is 34.4. The molecule has 0 aliphatic carbocycles. The maximum Gasteiger partial charge on any atom is 0.164 e. The fraction of sp³-hybridized carbons (Fsp3) is 0. The van der Waals surface area contributed by atoms with Crippen molar-refractivity contribution < 1.29 is 0 Å². The van der Waals surface area contributed by atoms with E-state index in [1.54, 1.807) is 0 Å². The molecule has 0 atom stereocenters. The molecule has 1 aromatic heterocycles. The van der Waals surface area contributed by atoms with Crippen LogP contribution >= 0.6 is 0 Å². The predicted octanol–water partition coefficient (Wildman–Crippen LogP) is 12.8. The van der Waals surface area contributed by atoms with E-state index in [0.717, 1.165) is 38.9 Å². The highest BCUT2D eigenvalue weighted by molar-refractivity contribution is 6.25. The highest BCUT2D eigenvalue weighted by atomic mass is 15.0. The number of rotatable bonds is 5. The molecule has 1 heterocycles. The number of hydrogen-bond donors (Lipinski definition) is 0. The van der Waals surface area contributed by atoms with E-state index >= 15 is 0 Å². The molecule has 52 heavy (non-hydrogen) atoms. The second-order valence-corrected chi connectivity index (χ2v) is 13.3. The summed E-state index contributed by atoms with van der Waals surface area (Å²) in [6.45, 7) is 0. The summed E-state index contributed by atoms with van der Waals surface area (Å²) in [7, 11) is 0. The molecule has 0 bridgehead atoms. The van der Waals surface area contributed by atoms with E-state index in [-0.39, 0.29) is 0 Å². The van der Waals surface area contributed by atoms with E-state index in [2.05, 4.69) is 127 Å². The lowest BCUT2D eigenvalue weighted by Crippen LogP contribution is -2.00. The Morgan fingerprint density at radius 3 is 1.38 bits per heavy atom. The number of hydrogen-bond acceptors (Lipinski definition) is 3. The smallest absolute Gasteiger partial charge is 0.164 e. The molecule has 3 heteroatoms. The summed E-state index contributed by atoms with van der Waals surface area (Å²) in [5.74, 6) is 1.93. The fourth-order valence-corrected chi connectivity index (χ4v) is 7.48. The number of fused-ring (bicyclic) bond motifs is 7. The fourth-order valence-electron chi connectivity index (χ4n) is 7.48. The normalized spacial score (nSPS) is 11.5. The van der Waals surface area contributed by atoms with Crippen molar-refractivity contribution in [3.63, 3.8) is 0 Å². The molecule has 0 aliphatic heterocycles. The highest BCUT2D eigenvalue weighted by Gasteiger charge is 2.16. The number of aromatic nitrogens is 3. The first-order valence-electron chi connectivity index (χ1n) is 17.6. The lowest BCUT2D eigenvalue weighted by molar-refractivity contribution is 1.07. The number of benzene rings is 9. The Kier molecular flexibility index (Phi) is 7.14. The van der Waals surface area contributed by atoms with Crippen LogP contribution in [0.4, 0.5) is 0 Å². The van der Waals surface area contributed by atoms with Crippen molar-refractivity contribution in [1.29, 1.82) is 0 Å². The molecule has 0 saturated carbocycles. The Balaban J connectivity index is 1.21. The monoisotopic (exact) mass is 661 g/mol. The quantitative estimate of drug-likeness (QED) is 0.172. The van der Waals surface area contributed by atoms with Crippen molar-refractivity contribution in [1.82, 2.24) is 15.0 Å². The minimum atomic E-state index is 0.635. The van der Waals surface area contributed by atoms with E-state index < -0.39 is 0 Å². The summed E-state index contributed by atoms with van der Waals surface area (Å²) >= 11 is 0. The Morgan fingerprint density at radius 2 is 0.692 bits per heavy atom. The average molecular weight is 662 g/mol. The average Bonchev–Trinajstić information content (AvgIpc) is 3.23. The van der Waals surface area contributed by atoms with Crippen LogP contribution in [0.15, 0.2) is 188 Å². The molecular weight excluding hydrogens is 631 g/mol. The van der Waals surface area contributed by atoms with Crippen molar-refractivity contribution in [2.24, 2.45) is 0 Å². The van der Waals surface area contributed by atoms with E-state index in [9.17, 15) is 0 Å². The van der Waals surface area contributed by atoms with Gasteiger partial charge < -0.3 is 0 Å². The molecule has 10 aromatic rings. The van der Waals surface area contributed by atoms with E-state index in [4.69, 9.17) is 15.0 Å². The second kappa shape index (κ2) is 12.4. The third kappa shape index (κ3) is 5.28. The minimum Gasteiger partial charge on any atom is -0.208 e. The molecule has 0 aliphatic rings. The topological polar surface area (TPSA) is 38.7 Å². The van der Waals surface area contributed by atoms with Crippen LogP contribution in [-0.2, 0) is 0 Å². The molecule has 0 radical (unpaired) electrons. The number of nitrogens with zero attached hydrogens (tertiary/aromatic N) is 3. The van der Waals surface area contributed by atoms with Gasteiger partial charge in [-0.2, -0.15) is 0 Å². The van der Waals surface area contributed by atoms with Crippen LogP contribution in [0.25, 0.3) is 99.5 Å². The molecule has 0 spiro atoms. The third-order valence-electron chi connectivity index (χ3n) is 10.1. The zero-order valence-electron chi connectivity index (χ0n) is 28.2. The molecule has 0 fully saturated rings. The summed E-state index contributed by atoms with van der Waals surface area (Å²) in [6.07, 6.45) is 0. The highest BCUT2D eigenvalue weighted by Crippen LogP contribution is 2.39. The lowest BCUT2D eigenvalue weighted by atomic mass is 9.91. The maximum absolute atomic E-state index is 5.10.